The van der Waals surface area contributed by atoms with Crippen molar-refractivity contribution in [3.8, 4) is 0 Å². The predicted molar refractivity (Wildman–Crippen MR) is 40.4 cm³/mol. The van der Waals surface area contributed by atoms with Crippen LogP contribution in [-0.4, -0.2) is 23.6 Å². The van der Waals surface area contributed by atoms with Gasteiger partial charge >= 0.3 is 11.9 Å². The Morgan fingerprint density at radius 2 is 1.67 bits per heavy atom. The van der Waals surface area contributed by atoms with E-state index in [0.29, 0.717) is 6.10 Å². The van der Waals surface area contributed by atoms with Gasteiger partial charge in [0, 0.05) is 12.2 Å². The molecule has 0 N–H and O–H groups in total. The lowest BCUT2D eigenvalue weighted by Crippen LogP contribution is -1.96. The molecule has 0 spiro atoms. The van der Waals surface area contributed by atoms with Gasteiger partial charge in [-0.3, -0.25) is 0 Å². The molecular formula is C7H7ClO4. The van der Waals surface area contributed by atoms with E-state index in [1.165, 1.54) is 0 Å². The summed E-state index contributed by atoms with van der Waals surface area (Å²) in [6.07, 6.45) is 2.49. The van der Waals surface area contributed by atoms with Gasteiger partial charge in [0.15, 0.2) is 5.56 Å². The van der Waals surface area contributed by atoms with Crippen LogP contribution >= 0.6 is 11.6 Å². The van der Waals surface area contributed by atoms with Crippen LogP contribution in [0.2, 0.25) is 0 Å². The molecule has 2 aliphatic heterocycles. The highest BCUT2D eigenvalue weighted by Gasteiger charge is 2.30. The number of ether oxygens (including phenoxy) is 2. The van der Waals surface area contributed by atoms with Crippen molar-refractivity contribution in [2.75, 3.05) is 0 Å². The molecule has 0 aromatic carbocycles. The second-order valence-electron chi connectivity index (χ2n) is 2.27. The van der Waals surface area contributed by atoms with E-state index in [9.17, 15) is 9.59 Å². The van der Waals surface area contributed by atoms with Crippen LogP contribution in [-0.2, 0) is 19.1 Å². The molecule has 1 saturated heterocycles. The maximum atomic E-state index is 9.92. The van der Waals surface area contributed by atoms with Crippen LogP contribution in [0.25, 0.3) is 0 Å². The van der Waals surface area contributed by atoms with E-state index in [4.69, 9.17) is 11.6 Å². The lowest BCUT2D eigenvalue weighted by atomic mass is 10.6. The Hall–Kier alpha value is -0.870. The number of epoxide rings is 1. The molecule has 4 nitrogen and oxygen atoms in total. The molecule has 0 aromatic rings. The summed E-state index contributed by atoms with van der Waals surface area (Å²) in [7, 11) is 0. The summed E-state index contributed by atoms with van der Waals surface area (Å²) in [4.78, 5) is 19.8. The van der Waals surface area contributed by atoms with E-state index in [2.05, 4.69) is 9.47 Å². The van der Waals surface area contributed by atoms with Crippen LogP contribution in [0, 0.1) is 0 Å². The maximum Gasteiger partial charge on any atom is 0.338 e. The van der Waals surface area contributed by atoms with Crippen LogP contribution in [0.1, 0.15) is 6.92 Å². The third kappa shape index (κ3) is 3.02. The number of rotatable bonds is 0. The van der Waals surface area contributed by atoms with Gasteiger partial charge in [-0.2, -0.15) is 0 Å². The smallest absolute Gasteiger partial charge is 0.338 e. The standard InChI is InChI=1S/C4H2O3.C3H5ClO/c5-3-1-2-4(6)7-3;1-2-3(4)5-2/h1-2H;2-3H,1H3. The fourth-order valence-electron chi connectivity index (χ4n) is 0.463. The molecule has 66 valence electrons. The van der Waals surface area contributed by atoms with Crippen molar-refractivity contribution in [3.63, 3.8) is 0 Å². The van der Waals surface area contributed by atoms with Gasteiger partial charge in [-0.05, 0) is 6.92 Å². The van der Waals surface area contributed by atoms with Crippen molar-refractivity contribution >= 4 is 23.5 Å². The molecule has 0 aromatic heterocycles. The minimum absolute atomic E-state index is 0.0231. The normalized spacial score (nSPS) is 30.8. The molecule has 0 saturated carbocycles. The Kier molecular flexibility index (Phi) is 2.83. The summed E-state index contributed by atoms with van der Waals surface area (Å²) in [6, 6.07) is 0. The summed E-state index contributed by atoms with van der Waals surface area (Å²) in [5, 5.41) is 0. The molecule has 2 unspecified atom stereocenters. The molecule has 2 heterocycles. The number of hydrogen-bond donors (Lipinski definition) is 0. The third-order valence-electron chi connectivity index (χ3n) is 1.19. The van der Waals surface area contributed by atoms with Gasteiger partial charge in [0.05, 0.1) is 6.10 Å². The summed E-state index contributed by atoms with van der Waals surface area (Å²) in [6.45, 7) is 1.94. The molecule has 0 bridgehead atoms. The fourth-order valence-corrected chi connectivity index (χ4v) is 0.625. The molecule has 2 rings (SSSR count). The van der Waals surface area contributed by atoms with Crippen molar-refractivity contribution in [2.24, 2.45) is 0 Å². The first-order valence-electron chi connectivity index (χ1n) is 3.33. The second kappa shape index (κ2) is 3.69. The van der Waals surface area contributed by atoms with E-state index in [1.807, 2.05) is 6.92 Å². The number of cyclic esters (lactones) is 2. The number of carbonyl (C=O) groups is 2. The highest BCUT2D eigenvalue weighted by molar-refractivity contribution is 6.21. The van der Waals surface area contributed by atoms with Gasteiger partial charge in [0.1, 0.15) is 0 Å². The monoisotopic (exact) mass is 190 g/mol. The predicted octanol–water partition coefficient (Wildman–Crippen LogP) is 0.596. The van der Waals surface area contributed by atoms with E-state index < -0.39 is 11.9 Å². The molecule has 2 atom stereocenters. The average molecular weight is 191 g/mol. The van der Waals surface area contributed by atoms with Crippen LogP contribution in [0.15, 0.2) is 12.2 Å². The Morgan fingerprint density at radius 3 is 1.75 bits per heavy atom. The van der Waals surface area contributed by atoms with Crippen molar-refractivity contribution in [1.82, 2.24) is 0 Å². The van der Waals surface area contributed by atoms with Gasteiger partial charge in [0.25, 0.3) is 0 Å². The molecule has 5 heteroatoms. The number of hydrogen-bond acceptors (Lipinski definition) is 4. The highest BCUT2D eigenvalue weighted by Crippen LogP contribution is 2.23. The summed E-state index contributed by atoms with van der Waals surface area (Å²) in [5.41, 5.74) is 0.0231. The van der Waals surface area contributed by atoms with Crippen LogP contribution in [0.5, 0.6) is 0 Å². The zero-order valence-corrected chi connectivity index (χ0v) is 7.08. The average Bonchev–Trinajstić information content (AvgIpc) is 2.43. The first kappa shape index (κ1) is 9.22. The lowest BCUT2D eigenvalue weighted by Gasteiger charge is -1.80. The van der Waals surface area contributed by atoms with Gasteiger partial charge in [0.2, 0.25) is 0 Å². The minimum Gasteiger partial charge on any atom is -0.387 e. The third-order valence-corrected chi connectivity index (χ3v) is 1.65. The van der Waals surface area contributed by atoms with Crippen LogP contribution in [0.3, 0.4) is 0 Å². The van der Waals surface area contributed by atoms with Crippen molar-refractivity contribution in [1.29, 1.82) is 0 Å². The molecule has 1 fully saturated rings. The first-order chi connectivity index (χ1) is 5.59. The molecule has 2 aliphatic rings. The molecular weight excluding hydrogens is 184 g/mol. The van der Waals surface area contributed by atoms with Crippen LogP contribution < -0.4 is 0 Å². The van der Waals surface area contributed by atoms with Crippen molar-refractivity contribution in [3.05, 3.63) is 12.2 Å². The second-order valence-corrected chi connectivity index (χ2v) is 2.70. The number of esters is 2. The van der Waals surface area contributed by atoms with Crippen LogP contribution in [0.4, 0.5) is 0 Å². The summed E-state index contributed by atoms with van der Waals surface area (Å²) in [5.74, 6) is -1.16. The van der Waals surface area contributed by atoms with E-state index in [0.717, 1.165) is 12.2 Å². The van der Waals surface area contributed by atoms with Gasteiger partial charge in [-0.15, -0.1) is 0 Å². The number of halogens is 1. The first-order valence-corrected chi connectivity index (χ1v) is 3.76. The summed E-state index contributed by atoms with van der Waals surface area (Å²) < 4.78 is 8.65. The quantitative estimate of drug-likeness (QED) is 0.243. The highest BCUT2D eigenvalue weighted by atomic mass is 35.5. The Balaban J connectivity index is 0.000000127. The molecule has 0 aliphatic carbocycles. The zero-order valence-electron chi connectivity index (χ0n) is 6.32. The molecule has 0 amide bonds. The van der Waals surface area contributed by atoms with E-state index >= 15 is 0 Å². The topological polar surface area (TPSA) is 55.9 Å². The van der Waals surface area contributed by atoms with E-state index in [1.54, 1.807) is 0 Å². The zero-order chi connectivity index (χ0) is 9.14. The molecule has 12 heavy (non-hydrogen) atoms. The Bertz CT molecular complexity index is 214. The van der Waals surface area contributed by atoms with E-state index in [-0.39, 0.29) is 5.56 Å². The van der Waals surface area contributed by atoms with Crippen molar-refractivity contribution in [2.45, 2.75) is 18.6 Å². The van der Waals surface area contributed by atoms with Gasteiger partial charge in [-0.1, -0.05) is 11.6 Å². The number of carbonyl (C=O) groups excluding carboxylic acids is 2. The maximum absolute atomic E-state index is 9.92. The van der Waals surface area contributed by atoms with Gasteiger partial charge in [-0.25, -0.2) is 9.59 Å². The Labute approximate surface area is 74.1 Å². The minimum atomic E-state index is -0.579. The lowest BCUT2D eigenvalue weighted by molar-refractivity contribution is -0.150. The number of alkyl halides is 1. The van der Waals surface area contributed by atoms with Gasteiger partial charge < -0.3 is 9.47 Å². The Morgan fingerprint density at radius 1 is 1.33 bits per heavy atom. The summed E-state index contributed by atoms with van der Waals surface area (Å²) >= 11 is 5.31. The fraction of sp³-hybridized carbons (Fsp3) is 0.429. The SMILES string of the molecule is CC1OC1Cl.O=C1C=CC(=O)O1. The largest absolute Gasteiger partial charge is 0.387 e. The van der Waals surface area contributed by atoms with Crippen molar-refractivity contribution < 1.29 is 19.1 Å². The molecule has 0 radical (unpaired) electrons.